The normalized spacial score (nSPS) is 28.4. The zero-order valence-corrected chi connectivity index (χ0v) is 12.8. The molecule has 0 heterocycles. The Morgan fingerprint density at radius 3 is 2.55 bits per heavy atom. The Kier molecular flexibility index (Phi) is 3.63. The van der Waals surface area contributed by atoms with Crippen LogP contribution < -0.4 is 4.74 Å². The van der Waals surface area contributed by atoms with Crippen molar-refractivity contribution in [3.8, 4) is 5.75 Å². The van der Waals surface area contributed by atoms with Crippen molar-refractivity contribution in [1.82, 2.24) is 0 Å². The average Bonchev–Trinajstić information content (AvgIpc) is 2.76. The monoisotopic (exact) mass is 274 g/mol. The Labute approximate surface area is 120 Å². The van der Waals surface area contributed by atoms with E-state index >= 15 is 0 Å². The van der Waals surface area contributed by atoms with Gasteiger partial charge in [-0.05, 0) is 26.3 Å². The molecule has 2 rings (SSSR count). The van der Waals surface area contributed by atoms with Crippen molar-refractivity contribution in [1.29, 1.82) is 0 Å². The highest BCUT2D eigenvalue weighted by Crippen LogP contribution is 2.53. The summed E-state index contributed by atoms with van der Waals surface area (Å²) in [6.07, 6.45) is 4.83. The second-order valence-corrected chi connectivity index (χ2v) is 5.84. The van der Waals surface area contributed by atoms with Crippen LogP contribution in [-0.2, 0) is 14.9 Å². The van der Waals surface area contributed by atoms with Crippen LogP contribution in [0, 0.1) is 12.3 Å². The van der Waals surface area contributed by atoms with E-state index in [0.717, 1.165) is 16.9 Å². The lowest BCUT2D eigenvalue weighted by Crippen LogP contribution is -2.44. The first-order valence-corrected chi connectivity index (χ1v) is 6.80. The van der Waals surface area contributed by atoms with E-state index in [0.29, 0.717) is 6.42 Å². The molecule has 1 aliphatic rings. The number of benzene rings is 1. The lowest BCUT2D eigenvalue weighted by molar-refractivity contribution is -0.154. The van der Waals surface area contributed by atoms with Crippen molar-refractivity contribution in [2.45, 2.75) is 32.6 Å². The van der Waals surface area contributed by atoms with E-state index in [9.17, 15) is 4.79 Å². The molecule has 0 saturated heterocycles. The van der Waals surface area contributed by atoms with Crippen LogP contribution >= 0.6 is 0 Å². The molecule has 0 aromatic heterocycles. The van der Waals surface area contributed by atoms with E-state index in [4.69, 9.17) is 9.47 Å². The number of hydrogen-bond acceptors (Lipinski definition) is 3. The summed E-state index contributed by atoms with van der Waals surface area (Å²) >= 11 is 0. The fourth-order valence-electron chi connectivity index (χ4n) is 3.06. The summed E-state index contributed by atoms with van der Waals surface area (Å²) in [5.74, 6) is 0.619. The summed E-state index contributed by atoms with van der Waals surface area (Å²) in [6, 6.07) is 6.06. The highest BCUT2D eigenvalue weighted by molar-refractivity contribution is 5.81. The quantitative estimate of drug-likeness (QED) is 0.626. The van der Waals surface area contributed by atoms with Crippen LogP contribution in [0.5, 0.6) is 5.75 Å². The Balaban J connectivity index is 2.62. The highest BCUT2D eigenvalue weighted by Gasteiger charge is 2.53. The average molecular weight is 274 g/mol. The number of ether oxygens (including phenoxy) is 2. The molecule has 1 aromatic rings. The number of carbonyl (C=O) groups is 1. The van der Waals surface area contributed by atoms with Crippen molar-refractivity contribution in [2.75, 3.05) is 14.2 Å². The van der Waals surface area contributed by atoms with Gasteiger partial charge in [-0.1, -0.05) is 36.8 Å². The van der Waals surface area contributed by atoms with Crippen LogP contribution in [0.3, 0.4) is 0 Å². The Hall–Kier alpha value is -1.77. The summed E-state index contributed by atoms with van der Waals surface area (Å²) in [4.78, 5) is 12.3. The van der Waals surface area contributed by atoms with Gasteiger partial charge in [0, 0.05) is 11.0 Å². The van der Waals surface area contributed by atoms with Gasteiger partial charge in [-0.2, -0.15) is 0 Å². The van der Waals surface area contributed by atoms with E-state index in [-0.39, 0.29) is 5.97 Å². The molecule has 0 N–H and O–H groups in total. The van der Waals surface area contributed by atoms with E-state index in [1.54, 1.807) is 7.11 Å². The second kappa shape index (κ2) is 4.97. The largest absolute Gasteiger partial charge is 0.496 e. The number of aryl methyl sites for hydroxylation is 1. The van der Waals surface area contributed by atoms with Crippen LogP contribution in [0.4, 0.5) is 0 Å². The second-order valence-electron chi connectivity index (χ2n) is 5.84. The van der Waals surface area contributed by atoms with Crippen LogP contribution in [0.1, 0.15) is 31.4 Å². The standard InChI is InChI=1S/C17H22O3/c1-12-7-8-14(19-4)13(11-12)16(2)9-6-10-17(16,3)15(18)20-5/h6-9,11H,10H2,1-5H3. The Morgan fingerprint density at radius 2 is 1.95 bits per heavy atom. The van der Waals surface area contributed by atoms with Crippen molar-refractivity contribution in [3.63, 3.8) is 0 Å². The number of allylic oxidation sites excluding steroid dienone is 2. The predicted octanol–water partition coefficient (Wildman–Crippen LogP) is 3.40. The molecule has 0 saturated carbocycles. The predicted molar refractivity (Wildman–Crippen MR) is 79.0 cm³/mol. The summed E-state index contributed by atoms with van der Waals surface area (Å²) < 4.78 is 10.5. The molecule has 3 nitrogen and oxygen atoms in total. The lowest BCUT2D eigenvalue weighted by atomic mass is 9.63. The minimum atomic E-state index is -0.608. The molecule has 1 aromatic carbocycles. The Morgan fingerprint density at radius 1 is 1.25 bits per heavy atom. The van der Waals surface area contributed by atoms with Gasteiger partial charge in [0.25, 0.3) is 0 Å². The molecule has 2 atom stereocenters. The molecular weight excluding hydrogens is 252 g/mol. The summed E-state index contributed by atoms with van der Waals surface area (Å²) in [5.41, 5.74) is 1.14. The molecule has 0 amide bonds. The van der Waals surface area contributed by atoms with Crippen LogP contribution in [0.2, 0.25) is 0 Å². The minimum absolute atomic E-state index is 0.187. The third kappa shape index (κ3) is 1.92. The molecule has 0 spiro atoms. The third-order valence-electron chi connectivity index (χ3n) is 4.67. The zero-order valence-electron chi connectivity index (χ0n) is 12.8. The van der Waals surface area contributed by atoms with Crippen LogP contribution in [-0.4, -0.2) is 20.2 Å². The molecule has 0 radical (unpaired) electrons. The molecular formula is C17H22O3. The topological polar surface area (TPSA) is 35.5 Å². The first-order chi connectivity index (χ1) is 9.39. The van der Waals surface area contributed by atoms with E-state index in [1.165, 1.54) is 7.11 Å². The summed E-state index contributed by atoms with van der Waals surface area (Å²) in [5, 5.41) is 0. The van der Waals surface area contributed by atoms with Gasteiger partial charge in [0.15, 0.2) is 0 Å². The molecule has 20 heavy (non-hydrogen) atoms. The molecule has 108 valence electrons. The number of esters is 1. The third-order valence-corrected chi connectivity index (χ3v) is 4.67. The fourth-order valence-corrected chi connectivity index (χ4v) is 3.06. The van der Waals surface area contributed by atoms with Crippen molar-refractivity contribution in [3.05, 3.63) is 41.5 Å². The van der Waals surface area contributed by atoms with Gasteiger partial charge < -0.3 is 9.47 Å². The van der Waals surface area contributed by atoms with E-state index < -0.39 is 10.8 Å². The maximum absolute atomic E-state index is 12.3. The SMILES string of the molecule is COC(=O)C1(C)CC=CC1(C)c1cc(C)ccc1OC. The number of rotatable bonds is 3. The van der Waals surface area contributed by atoms with Crippen molar-refractivity contribution >= 4 is 5.97 Å². The molecule has 0 bridgehead atoms. The first kappa shape index (κ1) is 14.6. The molecule has 0 aliphatic heterocycles. The fraction of sp³-hybridized carbons (Fsp3) is 0.471. The highest BCUT2D eigenvalue weighted by atomic mass is 16.5. The molecule has 3 heteroatoms. The molecule has 0 fully saturated rings. The number of carbonyl (C=O) groups excluding carboxylic acids is 1. The van der Waals surface area contributed by atoms with Gasteiger partial charge in [0.1, 0.15) is 5.75 Å². The first-order valence-electron chi connectivity index (χ1n) is 6.80. The van der Waals surface area contributed by atoms with Gasteiger partial charge in [-0.15, -0.1) is 0 Å². The van der Waals surface area contributed by atoms with Gasteiger partial charge >= 0.3 is 5.97 Å². The lowest BCUT2D eigenvalue weighted by Gasteiger charge is -2.39. The van der Waals surface area contributed by atoms with E-state index in [2.05, 4.69) is 25.1 Å². The van der Waals surface area contributed by atoms with Crippen LogP contribution in [0.25, 0.3) is 0 Å². The van der Waals surface area contributed by atoms with Crippen molar-refractivity contribution in [2.24, 2.45) is 5.41 Å². The maximum atomic E-state index is 12.3. The van der Waals surface area contributed by atoms with Gasteiger partial charge in [-0.3, -0.25) is 4.79 Å². The molecule has 2 unspecified atom stereocenters. The number of hydrogen-bond donors (Lipinski definition) is 0. The number of methoxy groups -OCH3 is 2. The smallest absolute Gasteiger partial charge is 0.313 e. The van der Waals surface area contributed by atoms with E-state index in [1.807, 2.05) is 26.0 Å². The van der Waals surface area contributed by atoms with Crippen molar-refractivity contribution < 1.29 is 14.3 Å². The van der Waals surface area contributed by atoms with Gasteiger partial charge in [0.2, 0.25) is 0 Å². The minimum Gasteiger partial charge on any atom is -0.496 e. The summed E-state index contributed by atoms with van der Waals surface area (Å²) in [6.45, 7) is 6.08. The zero-order chi connectivity index (χ0) is 15.0. The maximum Gasteiger partial charge on any atom is 0.313 e. The van der Waals surface area contributed by atoms with Gasteiger partial charge in [0.05, 0.1) is 19.6 Å². The van der Waals surface area contributed by atoms with Gasteiger partial charge in [-0.25, -0.2) is 0 Å². The Bertz CT molecular complexity index is 561. The molecule has 1 aliphatic carbocycles. The summed E-state index contributed by atoms with van der Waals surface area (Å²) in [7, 11) is 3.10. The van der Waals surface area contributed by atoms with Crippen LogP contribution in [0.15, 0.2) is 30.4 Å².